The molecule has 0 aliphatic heterocycles. The predicted molar refractivity (Wildman–Crippen MR) is 88.5 cm³/mol. The van der Waals surface area contributed by atoms with Gasteiger partial charge in [-0.3, -0.25) is 0 Å². The lowest BCUT2D eigenvalue weighted by Crippen LogP contribution is -2.06. The summed E-state index contributed by atoms with van der Waals surface area (Å²) in [5, 5.41) is 9.75. The maximum atomic E-state index is 11.1. The van der Waals surface area contributed by atoms with Crippen molar-refractivity contribution in [1.29, 1.82) is 0 Å². The highest BCUT2D eigenvalue weighted by molar-refractivity contribution is 6.30. The summed E-state index contributed by atoms with van der Waals surface area (Å²) in [6.45, 7) is 0. The van der Waals surface area contributed by atoms with Crippen molar-refractivity contribution in [3.8, 4) is 11.6 Å². The zero-order chi connectivity index (χ0) is 16.2. The monoisotopic (exact) mass is 331 g/mol. The van der Waals surface area contributed by atoms with Crippen LogP contribution in [0.15, 0.2) is 36.5 Å². The van der Waals surface area contributed by atoms with E-state index in [1.807, 2.05) is 12.1 Å². The molecule has 1 heterocycles. The van der Waals surface area contributed by atoms with Gasteiger partial charge in [0, 0.05) is 17.3 Å². The number of aromatic carboxylic acids is 1. The van der Waals surface area contributed by atoms with Crippen LogP contribution in [0.2, 0.25) is 5.02 Å². The smallest absolute Gasteiger partial charge is 0.335 e. The number of ether oxygens (including phenoxy) is 1. The average Bonchev–Trinajstić information content (AvgIpc) is 2.57. The van der Waals surface area contributed by atoms with Gasteiger partial charge in [0.05, 0.1) is 5.56 Å². The number of carbonyl (C=O) groups is 1. The molecule has 1 aromatic carbocycles. The molecule has 1 saturated carbocycles. The molecular weight excluding hydrogens is 314 g/mol. The second kappa shape index (κ2) is 7.01. The summed E-state index contributed by atoms with van der Waals surface area (Å²) in [6.07, 6.45) is 7.38. The maximum absolute atomic E-state index is 11.1. The minimum Gasteiger partial charge on any atom is -0.478 e. The summed E-state index contributed by atoms with van der Waals surface area (Å²) in [4.78, 5) is 15.2. The van der Waals surface area contributed by atoms with Crippen LogP contribution in [0, 0.1) is 0 Å². The number of pyridine rings is 1. The van der Waals surface area contributed by atoms with Crippen molar-refractivity contribution >= 4 is 17.6 Å². The van der Waals surface area contributed by atoms with Gasteiger partial charge in [0.2, 0.25) is 5.88 Å². The van der Waals surface area contributed by atoms with E-state index < -0.39 is 5.97 Å². The van der Waals surface area contributed by atoms with E-state index in [-0.39, 0.29) is 11.4 Å². The molecule has 0 radical (unpaired) electrons. The minimum atomic E-state index is -0.999. The highest BCUT2D eigenvalue weighted by Crippen LogP contribution is 2.40. The fraction of sp³-hybridized carbons (Fsp3) is 0.333. The van der Waals surface area contributed by atoms with Crippen molar-refractivity contribution in [2.24, 2.45) is 0 Å². The number of rotatable bonds is 4. The second-order valence-corrected chi connectivity index (χ2v) is 6.24. The molecule has 3 rings (SSSR count). The van der Waals surface area contributed by atoms with Crippen LogP contribution in [-0.4, -0.2) is 16.1 Å². The fourth-order valence-corrected chi connectivity index (χ4v) is 3.24. The Hall–Kier alpha value is -2.07. The van der Waals surface area contributed by atoms with E-state index in [9.17, 15) is 4.79 Å². The van der Waals surface area contributed by atoms with Crippen LogP contribution in [0.3, 0.4) is 0 Å². The highest BCUT2D eigenvalue weighted by atomic mass is 35.5. The van der Waals surface area contributed by atoms with Crippen molar-refractivity contribution in [3.63, 3.8) is 0 Å². The standard InChI is InChI=1S/C18H18ClNO3/c19-14-6-7-16(15(11-14)12-4-2-1-3-5-12)23-17-10-13(18(21)22)8-9-20-17/h6-12H,1-5H2,(H,21,22). The average molecular weight is 332 g/mol. The number of hydrogen-bond donors (Lipinski definition) is 1. The molecule has 0 amide bonds. The lowest BCUT2D eigenvalue weighted by atomic mass is 9.84. The van der Waals surface area contributed by atoms with Gasteiger partial charge in [-0.15, -0.1) is 0 Å². The van der Waals surface area contributed by atoms with E-state index in [0.29, 0.717) is 16.7 Å². The van der Waals surface area contributed by atoms with Crippen molar-refractivity contribution < 1.29 is 14.6 Å². The molecule has 1 N–H and O–H groups in total. The van der Waals surface area contributed by atoms with Crippen molar-refractivity contribution in [1.82, 2.24) is 4.98 Å². The summed E-state index contributed by atoms with van der Waals surface area (Å²) in [5.41, 5.74) is 1.24. The number of carboxylic acids is 1. The largest absolute Gasteiger partial charge is 0.478 e. The van der Waals surface area contributed by atoms with Crippen LogP contribution in [0.4, 0.5) is 0 Å². The van der Waals surface area contributed by atoms with Crippen LogP contribution < -0.4 is 4.74 Å². The Morgan fingerprint density at radius 3 is 2.70 bits per heavy atom. The van der Waals surface area contributed by atoms with Gasteiger partial charge in [-0.25, -0.2) is 9.78 Å². The zero-order valence-corrected chi connectivity index (χ0v) is 13.4. The molecule has 0 atom stereocenters. The third kappa shape index (κ3) is 3.82. The van der Waals surface area contributed by atoms with Crippen molar-refractivity contribution in [3.05, 3.63) is 52.7 Å². The van der Waals surface area contributed by atoms with Crippen molar-refractivity contribution in [2.45, 2.75) is 38.0 Å². The van der Waals surface area contributed by atoms with Crippen LogP contribution >= 0.6 is 11.6 Å². The number of aromatic nitrogens is 1. The van der Waals surface area contributed by atoms with E-state index in [4.69, 9.17) is 21.4 Å². The molecular formula is C18H18ClNO3. The Balaban J connectivity index is 1.90. The number of nitrogens with zero attached hydrogens (tertiary/aromatic N) is 1. The zero-order valence-electron chi connectivity index (χ0n) is 12.7. The van der Waals surface area contributed by atoms with Crippen LogP contribution in [0.5, 0.6) is 11.6 Å². The normalized spacial score (nSPS) is 15.3. The maximum Gasteiger partial charge on any atom is 0.335 e. The lowest BCUT2D eigenvalue weighted by molar-refractivity contribution is 0.0696. The number of benzene rings is 1. The van der Waals surface area contributed by atoms with Gasteiger partial charge in [0.25, 0.3) is 0 Å². The third-order valence-corrected chi connectivity index (χ3v) is 4.45. The van der Waals surface area contributed by atoms with Crippen LogP contribution in [0.25, 0.3) is 0 Å². The molecule has 0 spiro atoms. The first-order valence-corrected chi connectivity index (χ1v) is 8.18. The van der Waals surface area contributed by atoms with E-state index in [0.717, 1.165) is 18.4 Å². The second-order valence-electron chi connectivity index (χ2n) is 5.81. The molecule has 0 saturated heterocycles. The summed E-state index contributed by atoms with van der Waals surface area (Å²) < 4.78 is 5.88. The molecule has 5 heteroatoms. The van der Waals surface area contributed by atoms with Gasteiger partial charge in [-0.1, -0.05) is 30.9 Å². The fourth-order valence-electron chi connectivity index (χ4n) is 3.06. The van der Waals surface area contributed by atoms with E-state index >= 15 is 0 Å². The molecule has 23 heavy (non-hydrogen) atoms. The summed E-state index contributed by atoms with van der Waals surface area (Å²) in [7, 11) is 0. The molecule has 1 aliphatic carbocycles. The SMILES string of the molecule is O=C(O)c1ccnc(Oc2ccc(Cl)cc2C2CCCCC2)c1. The van der Waals surface area contributed by atoms with E-state index in [2.05, 4.69) is 4.98 Å². The number of carboxylic acid groups (broad SMARTS) is 1. The molecule has 1 aromatic heterocycles. The number of hydrogen-bond acceptors (Lipinski definition) is 3. The van der Waals surface area contributed by atoms with Gasteiger partial charge < -0.3 is 9.84 Å². The van der Waals surface area contributed by atoms with Gasteiger partial charge in [-0.2, -0.15) is 0 Å². The summed E-state index contributed by atoms with van der Waals surface area (Å²) >= 11 is 6.16. The van der Waals surface area contributed by atoms with Crippen molar-refractivity contribution in [2.75, 3.05) is 0 Å². The quantitative estimate of drug-likeness (QED) is 0.828. The predicted octanol–water partition coefficient (Wildman–Crippen LogP) is 5.27. The first-order chi connectivity index (χ1) is 11.1. The van der Waals surface area contributed by atoms with E-state index in [1.54, 1.807) is 6.07 Å². The Morgan fingerprint density at radius 2 is 1.96 bits per heavy atom. The lowest BCUT2D eigenvalue weighted by Gasteiger charge is -2.24. The molecule has 2 aromatic rings. The number of halogens is 1. The molecule has 0 bridgehead atoms. The molecule has 1 fully saturated rings. The Labute approximate surface area is 140 Å². The van der Waals surface area contributed by atoms with Gasteiger partial charge in [-0.05, 0) is 48.6 Å². The molecule has 4 nitrogen and oxygen atoms in total. The Morgan fingerprint density at radius 1 is 1.17 bits per heavy atom. The minimum absolute atomic E-state index is 0.156. The van der Waals surface area contributed by atoms with Crippen LogP contribution in [0.1, 0.15) is 53.9 Å². The summed E-state index contributed by atoms with van der Waals surface area (Å²) in [6, 6.07) is 8.44. The topological polar surface area (TPSA) is 59.4 Å². The third-order valence-electron chi connectivity index (χ3n) is 4.21. The first kappa shape index (κ1) is 15.8. The Bertz CT molecular complexity index is 711. The molecule has 120 valence electrons. The Kier molecular flexibility index (Phi) is 4.82. The van der Waals surface area contributed by atoms with Crippen LogP contribution in [-0.2, 0) is 0 Å². The van der Waals surface area contributed by atoms with Gasteiger partial charge in [0.1, 0.15) is 5.75 Å². The van der Waals surface area contributed by atoms with Gasteiger partial charge in [0.15, 0.2) is 0 Å². The molecule has 1 aliphatic rings. The highest BCUT2D eigenvalue weighted by Gasteiger charge is 2.20. The van der Waals surface area contributed by atoms with Gasteiger partial charge >= 0.3 is 5.97 Å². The van der Waals surface area contributed by atoms with E-state index in [1.165, 1.54) is 37.6 Å². The summed E-state index contributed by atoms with van der Waals surface area (Å²) in [5.74, 6) is 0.418. The molecule has 0 unspecified atom stereocenters. The first-order valence-electron chi connectivity index (χ1n) is 7.80.